The Kier molecular flexibility index (Phi) is 4.06. The highest BCUT2D eigenvalue weighted by molar-refractivity contribution is 7.16. The summed E-state index contributed by atoms with van der Waals surface area (Å²) in [6, 6.07) is 16.0. The second-order valence-electron chi connectivity index (χ2n) is 6.31. The summed E-state index contributed by atoms with van der Waals surface area (Å²) >= 11 is 1.31. The maximum atomic E-state index is 12.8. The topological polar surface area (TPSA) is 29.5 Å². The Morgan fingerprint density at radius 2 is 1.88 bits per heavy atom. The van der Waals surface area contributed by atoms with Crippen molar-refractivity contribution in [3.63, 3.8) is 0 Å². The van der Waals surface area contributed by atoms with Crippen molar-refractivity contribution in [1.82, 2.24) is 0 Å². The minimum absolute atomic E-state index is 0.0971. The number of hydrogen-bond acceptors (Lipinski definition) is 4. The smallest absolute Gasteiger partial charge is 0.242 e. The van der Waals surface area contributed by atoms with E-state index in [9.17, 15) is 4.79 Å². The van der Waals surface area contributed by atoms with E-state index in [2.05, 4.69) is 11.0 Å². The summed E-state index contributed by atoms with van der Waals surface area (Å²) in [6.07, 6.45) is 2.56. The lowest BCUT2D eigenvalue weighted by atomic mass is 9.98. The van der Waals surface area contributed by atoms with Crippen LogP contribution in [0.25, 0.3) is 15.7 Å². The molecule has 1 aliphatic heterocycles. The fourth-order valence-electron chi connectivity index (χ4n) is 3.28. The highest BCUT2D eigenvalue weighted by atomic mass is 32.1. The number of nitrogens with zero attached hydrogens (tertiary/aromatic N) is 1. The molecule has 2 aromatic carbocycles. The van der Waals surface area contributed by atoms with Gasteiger partial charge in [-0.05, 0) is 31.0 Å². The number of aryl methyl sites for hydroxylation is 1. The molecule has 126 valence electrons. The molecule has 1 aromatic heterocycles. The van der Waals surface area contributed by atoms with E-state index < -0.39 is 0 Å². The molecule has 0 N–H and O–H groups in total. The minimum atomic E-state index is 0.0971. The van der Waals surface area contributed by atoms with Gasteiger partial charge in [0.15, 0.2) is 0 Å². The van der Waals surface area contributed by atoms with Gasteiger partial charge in [0, 0.05) is 29.3 Å². The SMILES string of the molecule is Cc1ccccc1O/C=C1\CCN(C)c2c1c(=O)sc1ccccc21. The first-order valence-electron chi connectivity index (χ1n) is 8.34. The van der Waals surface area contributed by atoms with Crippen molar-refractivity contribution >= 4 is 32.7 Å². The minimum Gasteiger partial charge on any atom is -0.464 e. The summed E-state index contributed by atoms with van der Waals surface area (Å²) in [5.41, 5.74) is 3.86. The molecule has 2 heterocycles. The lowest BCUT2D eigenvalue weighted by Gasteiger charge is -2.29. The van der Waals surface area contributed by atoms with E-state index in [1.807, 2.05) is 56.4 Å². The lowest BCUT2D eigenvalue weighted by Crippen LogP contribution is -2.27. The fraction of sp³-hybridized carbons (Fsp3) is 0.190. The molecule has 0 saturated heterocycles. The van der Waals surface area contributed by atoms with Gasteiger partial charge >= 0.3 is 0 Å². The number of para-hydroxylation sites is 1. The number of anilines is 1. The summed E-state index contributed by atoms with van der Waals surface area (Å²) in [5.74, 6) is 0.826. The quantitative estimate of drug-likeness (QED) is 0.621. The van der Waals surface area contributed by atoms with Gasteiger partial charge in [-0.25, -0.2) is 0 Å². The lowest BCUT2D eigenvalue weighted by molar-refractivity contribution is 0.477. The monoisotopic (exact) mass is 349 g/mol. The molecular weight excluding hydrogens is 330 g/mol. The highest BCUT2D eigenvalue weighted by Gasteiger charge is 2.24. The third-order valence-electron chi connectivity index (χ3n) is 4.63. The van der Waals surface area contributed by atoms with Crippen molar-refractivity contribution in [3.05, 3.63) is 75.5 Å². The molecule has 0 unspecified atom stereocenters. The Morgan fingerprint density at radius 1 is 1.12 bits per heavy atom. The number of rotatable bonds is 2. The van der Waals surface area contributed by atoms with Gasteiger partial charge in [0.25, 0.3) is 0 Å². The molecule has 0 bridgehead atoms. The van der Waals surface area contributed by atoms with Gasteiger partial charge in [-0.3, -0.25) is 4.79 Å². The van der Waals surface area contributed by atoms with Crippen LogP contribution >= 0.6 is 11.3 Å². The fourth-order valence-corrected chi connectivity index (χ4v) is 4.23. The number of ether oxygens (including phenoxy) is 1. The first kappa shape index (κ1) is 15.9. The molecule has 0 fully saturated rings. The Hall–Kier alpha value is -2.59. The van der Waals surface area contributed by atoms with Crippen LogP contribution in [-0.2, 0) is 0 Å². The van der Waals surface area contributed by atoms with Crippen LogP contribution in [0.5, 0.6) is 5.75 Å². The van der Waals surface area contributed by atoms with Gasteiger partial charge in [-0.15, -0.1) is 0 Å². The molecule has 0 atom stereocenters. The molecule has 0 radical (unpaired) electrons. The van der Waals surface area contributed by atoms with Crippen LogP contribution in [0.2, 0.25) is 0 Å². The van der Waals surface area contributed by atoms with Crippen molar-refractivity contribution < 1.29 is 4.74 Å². The van der Waals surface area contributed by atoms with Crippen molar-refractivity contribution in [3.8, 4) is 5.75 Å². The summed E-state index contributed by atoms with van der Waals surface area (Å²) in [5, 5.41) is 1.13. The van der Waals surface area contributed by atoms with Gasteiger partial charge in [0.2, 0.25) is 4.74 Å². The van der Waals surface area contributed by atoms with Gasteiger partial charge in [0.1, 0.15) is 5.75 Å². The van der Waals surface area contributed by atoms with Crippen molar-refractivity contribution in [2.24, 2.45) is 0 Å². The van der Waals surface area contributed by atoms with Gasteiger partial charge in [0.05, 0.1) is 17.5 Å². The number of benzene rings is 2. The zero-order valence-corrected chi connectivity index (χ0v) is 15.1. The van der Waals surface area contributed by atoms with Crippen LogP contribution in [0, 0.1) is 6.92 Å². The van der Waals surface area contributed by atoms with E-state index in [1.165, 1.54) is 11.3 Å². The molecule has 4 rings (SSSR count). The van der Waals surface area contributed by atoms with E-state index >= 15 is 0 Å². The van der Waals surface area contributed by atoms with Gasteiger partial charge < -0.3 is 9.64 Å². The Labute approximate surface area is 150 Å². The van der Waals surface area contributed by atoms with Crippen LogP contribution in [0.15, 0.2) is 59.6 Å². The zero-order chi connectivity index (χ0) is 17.4. The molecule has 1 aliphatic rings. The van der Waals surface area contributed by atoms with Crippen molar-refractivity contribution in [1.29, 1.82) is 0 Å². The Balaban J connectivity index is 1.85. The maximum Gasteiger partial charge on any atom is 0.242 e. The molecule has 4 heteroatoms. The first-order chi connectivity index (χ1) is 12.1. The standard InChI is InChI=1S/C21H19NO2S/c1-14-7-3-5-9-17(14)24-13-15-11-12-22(2)20-16-8-4-6-10-18(16)25-21(23)19(15)20/h3-10,13H,11-12H2,1-2H3/b15-13+. The molecule has 0 aliphatic carbocycles. The predicted octanol–water partition coefficient (Wildman–Crippen LogP) is 4.83. The Bertz CT molecular complexity index is 1040. The third kappa shape index (κ3) is 2.83. The van der Waals surface area contributed by atoms with E-state index in [1.54, 1.807) is 6.26 Å². The summed E-state index contributed by atoms with van der Waals surface area (Å²) in [4.78, 5) is 15.0. The largest absolute Gasteiger partial charge is 0.464 e. The van der Waals surface area contributed by atoms with Crippen LogP contribution in [0.3, 0.4) is 0 Å². The average molecular weight is 349 g/mol. The average Bonchev–Trinajstić information content (AvgIpc) is 2.62. The normalized spacial score (nSPS) is 15.4. The van der Waals surface area contributed by atoms with Crippen LogP contribution in [0.1, 0.15) is 17.5 Å². The van der Waals surface area contributed by atoms with E-state index in [-0.39, 0.29) is 4.74 Å². The van der Waals surface area contributed by atoms with Crippen molar-refractivity contribution in [2.75, 3.05) is 18.5 Å². The van der Waals surface area contributed by atoms with Crippen LogP contribution in [-0.4, -0.2) is 13.6 Å². The van der Waals surface area contributed by atoms with E-state index in [0.29, 0.717) is 0 Å². The summed E-state index contributed by atoms with van der Waals surface area (Å²) in [7, 11) is 2.05. The molecule has 0 amide bonds. The van der Waals surface area contributed by atoms with E-state index in [4.69, 9.17) is 4.74 Å². The molecule has 3 nitrogen and oxygen atoms in total. The van der Waals surface area contributed by atoms with Crippen LogP contribution < -0.4 is 14.4 Å². The Morgan fingerprint density at radius 3 is 2.72 bits per heavy atom. The molecule has 0 spiro atoms. The second-order valence-corrected chi connectivity index (χ2v) is 7.32. The maximum absolute atomic E-state index is 12.8. The summed E-state index contributed by atoms with van der Waals surface area (Å²) < 4.78 is 7.04. The molecule has 0 saturated carbocycles. The number of hydrogen-bond donors (Lipinski definition) is 0. The molecule has 3 aromatic rings. The van der Waals surface area contributed by atoms with E-state index in [0.717, 1.165) is 51.2 Å². The second kappa shape index (κ2) is 6.37. The number of fused-ring (bicyclic) bond motifs is 3. The van der Waals surface area contributed by atoms with Crippen LogP contribution in [0.4, 0.5) is 5.69 Å². The predicted molar refractivity (Wildman–Crippen MR) is 106 cm³/mol. The molecule has 25 heavy (non-hydrogen) atoms. The molecular formula is C21H19NO2S. The zero-order valence-electron chi connectivity index (χ0n) is 14.3. The van der Waals surface area contributed by atoms with Gasteiger partial charge in [-0.1, -0.05) is 47.7 Å². The first-order valence-corrected chi connectivity index (χ1v) is 9.15. The summed E-state index contributed by atoms with van der Waals surface area (Å²) in [6.45, 7) is 2.89. The van der Waals surface area contributed by atoms with Gasteiger partial charge in [-0.2, -0.15) is 0 Å². The van der Waals surface area contributed by atoms with Crippen molar-refractivity contribution in [2.45, 2.75) is 13.3 Å². The third-order valence-corrected chi connectivity index (χ3v) is 5.59. The highest BCUT2D eigenvalue weighted by Crippen LogP contribution is 2.38.